The molecule has 0 aliphatic heterocycles. The van der Waals surface area contributed by atoms with Gasteiger partial charge in [-0.3, -0.25) is 4.98 Å². The summed E-state index contributed by atoms with van der Waals surface area (Å²) in [4.78, 5) is 4.67. The van der Waals surface area contributed by atoms with Crippen LogP contribution in [0, 0.1) is 6.92 Å². The molecule has 0 aliphatic rings. The van der Waals surface area contributed by atoms with Crippen molar-refractivity contribution in [2.75, 3.05) is 12.4 Å². The predicted octanol–water partition coefficient (Wildman–Crippen LogP) is 6.47. The highest BCUT2D eigenvalue weighted by atomic mass is 16.5. The smallest absolute Gasteiger partial charge is 0.145 e. The maximum absolute atomic E-state index is 5.52. The number of aryl methyl sites for hydroxylation is 1. The van der Waals surface area contributed by atoms with Crippen LogP contribution < -0.4 is 10.1 Å². The highest BCUT2D eigenvalue weighted by molar-refractivity contribution is 6.00. The standard InChI is InChI=1S/C25H22N2O/c1-18-9-6-7-13-22(18)27-24-20(16-15-19-10-4-3-5-11-19)17-26-25-21(24)12-8-14-23(25)28-2/h3-17H,1-2H3,(H,26,27). The molecule has 4 rings (SSSR count). The Balaban J connectivity index is 1.86. The van der Waals surface area contributed by atoms with Gasteiger partial charge in [-0.25, -0.2) is 0 Å². The Morgan fingerprint density at radius 3 is 2.43 bits per heavy atom. The van der Waals surface area contributed by atoms with E-state index >= 15 is 0 Å². The maximum atomic E-state index is 5.52. The van der Waals surface area contributed by atoms with E-state index in [2.05, 4.69) is 59.7 Å². The summed E-state index contributed by atoms with van der Waals surface area (Å²) in [6.45, 7) is 2.10. The van der Waals surface area contributed by atoms with E-state index in [9.17, 15) is 0 Å². The second-order valence-corrected chi connectivity index (χ2v) is 6.63. The number of para-hydroxylation sites is 2. The molecular weight excluding hydrogens is 344 g/mol. The lowest BCUT2D eigenvalue weighted by atomic mass is 10.1. The van der Waals surface area contributed by atoms with Crippen LogP contribution >= 0.6 is 0 Å². The zero-order valence-corrected chi connectivity index (χ0v) is 16.0. The second kappa shape index (κ2) is 7.97. The van der Waals surface area contributed by atoms with E-state index in [1.54, 1.807) is 7.11 Å². The number of ether oxygens (including phenoxy) is 1. The molecule has 0 saturated carbocycles. The first kappa shape index (κ1) is 17.8. The number of pyridine rings is 1. The van der Waals surface area contributed by atoms with Gasteiger partial charge < -0.3 is 10.1 Å². The third-order valence-corrected chi connectivity index (χ3v) is 4.77. The summed E-state index contributed by atoms with van der Waals surface area (Å²) in [6, 6.07) is 24.6. The van der Waals surface area contributed by atoms with Crippen molar-refractivity contribution in [2.45, 2.75) is 6.92 Å². The van der Waals surface area contributed by atoms with Crippen molar-refractivity contribution in [3.05, 3.63) is 95.7 Å². The molecule has 1 N–H and O–H groups in total. The summed E-state index contributed by atoms with van der Waals surface area (Å²) in [7, 11) is 1.67. The van der Waals surface area contributed by atoms with Crippen LogP contribution in [-0.4, -0.2) is 12.1 Å². The summed E-state index contributed by atoms with van der Waals surface area (Å²) in [5, 5.41) is 4.65. The van der Waals surface area contributed by atoms with Gasteiger partial charge in [0.1, 0.15) is 11.3 Å². The van der Waals surface area contributed by atoms with E-state index in [0.29, 0.717) is 0 Å². The number of benzene rings is 3. The molecule has 3 nitrogen and oxygen atoms in total. The molecule has 0 fully saturated rings. The number of hydrogen-bond acceptors (Lipinski definition) is 3. The third kappa shape index (κ3) is 3.60. The van der Waals surface area contributed by atoms with Crippen LogP contribution in [0.1, 0.15) is 16.7 Å². The van der Waals surface area contributed by atoms with Crippen molar-refractivity contribution < 1.29 is 4.74 Å². The van der Waals surface area contributed by atoms with Gasteiger partial charge in [-0.2, -0.15) is 0 Å². The van der Waals surface area contributed by atoms with Crippen LogP contribution in [0.25, 0.3) is 23.1 Å². The number of rotatable bonds is 5. The third-order valence-electron chi connectivity index (χ3n) is 4.77. The molecule has 1 aromatic heterocycles. The topological polar surface area (TPSA) is 34.1 Å². The molecule has 4 aromatic rings. The monoisotopic (exact) mass is 366 g/mol. The number of nitrogens with zero attached hydrogens (tertiary/aromatic N) is 1. The van der Waals surface area contributed by atoms with Crippen LogP contribution in [0.5, 0.6) is 5.75 Å². The average Bonchev–Trinajstić information content (AvgIpc) is 2.75. The Labute approximate surface area is 165 Å². The fourth-order valence-electron chi connectivity index (χ4n) is 3.24. The quantitative estimate of drug-likeness (QED) is 0.440. The van der Waals surface area contributed by atoms with Gasteiger partial charge in [0, 0.05) is 22.8 Å². The molecule has 3 heteroatoms. The molecule has 0 unspecified atom stereocenters. The Morgan fingerprint density at radius 1 is 0.857 bits per heavy atom. The largest absolute Gasteiger partial charge is 0.494 e. The van der Waals surface area contributed by atoms with Gasteiger partial charge in [0.05, 0.1) is 12.8 Å². The van der Waals surface area contributed by atoms with E-state index in [-0.39, 0.29) is 0 Å². The first-order valence-electron chi connectivity index (χ1n) is 9.28. The molecule has 0 amide bonds. The molecule has 0 saturated heterocycles. The molecular formula is C25H22N2O. The summed E-state index contributed by atoms with van der Waals surface area (Å²) in [6.07, 6.45) is 6.10. The van der Waals surface area contributed by atoms with Crippen LogP contribution in [0.4, 0.5) is 11.4 Å². The van der Waals surface area contributed by atoms with Gasteiger partial charge in [-0.05, 0) is 30.2 Å². The Kier molecular flexibility index (Phi) is 5.07. The minimum absolute atomic E-state index is 0.768. The molecule has 3 aromatic carbocycles. The molecule has 0 radical (unpaired) electrons. The van der Waals surface area contributed by atoms with Crippen molar-refractivity contribution in [2.24, 2.45) is 0 Å². The maximum Gasteiger partial charge on any atom is 0.145 e. The molecule has 0 spiro atoms. The normalized spacial score (nSPS) is 11.1. The van der Waals surface area contributed by atoms with E-state index in [4.69, 9.17) is 4.74 Å². The van der Waals surface area contributed by atoms with Gasteiger partial charge in [-0.1, -0.05) is 72.8 Å². The van der Waals surface area contributed by atoms with E-state index in [1.165, 1.54) is 5.56 Å². The molecule has 1 heterocycles. The SMILES string of the molecule is COc1cccc2c(Nc3ccccc3C)c(C=Cc3ccccc3)cnc12. The molecule has 0 aliphatic carbocycles. The first-order chi connectivity index (χ1) is 13.8. The molecule has 0 bridgehead atoms. The van der Waals surface area contributed by atoms with Gasteiger partial charge in [0.2, 0.25) is 0 Å². The fraction of sp³-hybridized carbons (Fsp3) is 0.0800. The summed E-state index contributed by atoms with van der Waals surface area (Å²) < 4.78 is 5.52. The van der Waals surface area contributed by atoms with Gasteiger partial charge in [0.15, 0.2) is 0 Å². The second-order valence-electron chi connectivity index (χ2n) is 6.63. The number of methoxy groups -OCH3 is 1. The van der Waals surface area contributed by atoms with Crippen LogP contribution in [-0.2, 0) is 0 Å². The Bertz CT molecular complexity index is 1130. The predicted molar refractivity (Wildman–Crippen MR) is 118 cm³/mol. The first-order valence-corrected chi connectivity index (χ1v) is 9.28. The number of fused-ring (bicyclic) bond motifs is 1. The van der Waals surface area contributed by atoms with Crippen molar-refractivity contribution in [1.29, 1.82) is 0 Å². The van der Waals surface area contributed by atoms with E-state index in [1.807, 2.05) is 48.7 Å². The summed E-state index contributed by atoms with van der Waals surface area (Å²) >= 11 is 0. The number of aromatic nitrogens is 1. The van der Waals surface area contributed by atoms with E-state index < -0.39 is 0 Å². The lowest BCUT2D eigenvalue weighted by Gasteiger charge is -2.16. The lowest BCUT2D eigenvalue weighted by molar-refractivity contribution is 0.419. The fourth-order valence-corrected chi connectivity index (χ4v) is 3.24. The molecule has 28 heavy (non-hydrogen) atoms. The van der Waals surface area contributed by atoms with Crippen molar-refractivity contribution in [3.63, 3.8) is 0 Å². The highest BCUT2D eigenvalue weighted by Gasteiger charge is 2.12. The number of hydrogen-bond donors (Lipinski definition) is 1. The zero-order chi connectivity index (χ0) is 19.3. The Hall–Kier alpha value is -3.59. The van der Waals surface area contributed by atoms with Crippen molar-refractivity contribution in [3.8, 4) is 5.75 Å². The zero-order valence-electron chi connectivity index (χ0n) is 16.0. The molecule has 138 valence electrons. The van der Waals surface area contributed by atoms with Crippen molar-refractivity contribution >= 4 is 34.4 Å². The van der Waals surface area contributed by atoms with E-state index in [0.717, 1.165) is 39.2 Å². The Morgan fingerprint density at radius 2 is 1.64 bits per heavy atom. The summed E-state index contributed by atoms with van der Waals surface area (Å²) in [5.74, 6) is 0.768. The molecule has 0 atom stereocenters. The number of anilines is 2. The minimum Gasteiger partial charge on any atom is -0.494 e. The van der Waals surface area contributed by atoms with Gasteiger partial charge in [0.25, 0.3) is 0 Å². The summed E-state index contributed by atoms with van der Waals surface area (Å²) in [5.41, 5.74) is 6.30. The van der Waals surface area contributed by atoms with Crippen LogP contribution in [0.2, 0.25) is 0 Å². The number of nitrogens with one attached hydrogen (secondary N) is 1. The van der Waals surface area contributed by atoms with Gasteiger partial charge >= 0.3 is 0 Å². The van der Waals surface area contributed by atoms with Crippen LogP contribution in [0.3, 0.4) is 0 Å². The minimum atomic E-state index is 0.768. The highest BCUT2D eigenvalue weighted by Crippen LogP contribution is 2.35. The lowest BCUT2D eigenvalue weighted by Crippen LogP contribution is -1.99. The average molecular weight is 366 g/mol. The van der Waals surface area contributed by atoms with Crippen molar-refractivity contribution in [1.82, 2.24) is 4.98 Å². The van der Waals surface area contributed by atoms with Crippen LogP contribution in [0.15, 0.2) is 79.0 Å². The van der Waals surface area contributed by atoms with Gasteiger partial charge in [-0.15, -0.1) is 0 Å².